The lowest BCUT2D eigenvalue weighted by Gasteiger charge is -2.39. The Hall–Kier alpha value is -0.690. The number of likely N-dealkylation sites (tertiary alicyclic amines) is 1. The van der Waals surface area contributed by atoms with Gasteiger partial charge in [-0.3, -0.25) is 14.6 Å². The maximum atomic E-state index is 12.6. The van der Waals surface area contributed by atoms with Crippen LogP contribution in [0.25, 0.3) is 0 Å². The zero-order valence-corrected chi connectivity index (χ0v) is 16.3. The van der Waals surface area contributed by atoms with Gasteiger partial charge in [0.1, 0.15) is 0 Å². The molecule has 3 aliphatic heterocycles. The molecule has 0 bridgehead atoms. The van der Waals surface area contributed by atoms with Crippen molar-refractivity contribution in [2.24, 2.45) is 5.92 Å². The van der Waals surface area contributed by atoms with Crippen LogP contribution >= 0.6 is 0 Å². The lowest BCUT2D eigenvalue weighted by molar-refractivity contribution is -0.134. The van der Waals surface area contributed by atoms with Crippen LogP contribution in [0.15, 0.2) is 0 Å². The van der Waals surface area contributed by atoms with E-state index in [2.05, 4.69) is 38.5 Å². The summed E-state index contributed by atoms with van der Waals surface area (Å²) in [6.45, 7) is 15.9. The van der Waals surface area contributed by atoms with Crippen molar-refractivity contribution in [1.82, 2.24) is 24.5 Å². The summed E-state index contributed by atoms with van der Waals surface area (Å²) in [6.07, 6.45) is 2.67. The fraction of sp³-hybridized carbons (Fsp3) is 0.947. The van der Waals surface area contributed by atoms with Crippen molar-refractivity contribution >= 4 is 5.91 Å². The van der Waals surface area contributed by atoms with Crippen LogP contribution < -0.4 is 0 Å². The van der Waals surface area contributed by atoms with Crippen molar-refractivity contribution < 1.29 is 4.79 Å². The predicted molar refractivity (Wildman–Crippen MR) is 102 cm³/mol. The van der Waals surface area contributed by atoms with Gasteiger partial charge in [0.2, 0.25) is 5.91 Å². The smallest absolute Gasteiger partial charge is 0.236 e. The number of likely N-dealkylation sites (N-methyl/N-ethyl adjacent to an activating group) is 1. The molecule has 0 N–H and O–H groups in total. The number of hydrogen-bond acceptors (Lipinski definition) is 5. The molecule has 25 heavy (non-hydrogen) atoms. The van der Waals surface area contributed by atoms with Crippen LogP contribution in [-0.2, 0) is 4.79 Å². The van der Waals surface area contributed by atoms with Crippen LogP contribution in [0.4, 0.5) is 0 Å². The number of nitrogens with zero attached hydrogens (tertiary/aromatic N) is 5. The standard InChI is InChI=1S/C19H37N5O/c1-3-21-8-10-23(11-9-21)17-19(25)24-14-12-22(13-15-24)16-18-4-6-20(2)7-5-18/h18H,3-17H2,1-2H3. The minimum atomic E-state index is 0.337. The summed E-state index contributed by atoms with van der Waals surface area (Å²) in [5, 5.41) is 0. The summed E-state index contributed by atoms with van der Waals surface area (Å²) < 4.78 is 0. The molecule has 144 valence electrons. The molecule has 0 unspecified atom stereocenters. The molecule has 0 atom stereocenters. The van der Waals surface area contributed by atoms with Gasteiger partial charge in [0.05, 0.1) is 6.54 Å². The fourth-order valence-electron chi connectivity index (χ4n) is 4.34. The molecule has 3 saturated heterocycles. The minimum absolute atomic E-state index is 0.337. The molecule has 0 saturated carbocycles. The Bertz CT molecular complexity index is 408. The number of piperazine rings is 2. The SMILES string of the molecule is CCN1CCN(CC(=O)N2CCN(CC3CCN(C)CC3)CC2)CC1. The van der Waals surface area contributed by atoms with Gasteiger partial charge in [-0.2, -0.15) is 0 Å². The zero-order chi connectivity index (χ0) is 17.6. The molecule has 0 aliphatic carbocycles. The van der Waals surface area contributed by atoms with Gasteiger partial charge in [0.15, 0.2) is 0 Å². The van der Waals surface area contributed by atoms with Crippen molar-refractivity contribution in [2.75, 3.05) is 92.1 Å². The van der Waals surface area contributed by atoms with E-state index in [0.717, 1.165) is 64.8 Å². The predicted octanol–water partition coefficient (Wildman–Crippen LogP) is 0.110. The minimum Gasteiger partial charge on any atom is -0.339 e. The molecule has 0 aromatic carbocycles. The van der Waals surface area contributed by atoms with E-state index in [1.807, 2.05) is 0 Å². The lowest BCUT2D eigenvalue weighted by Crippen LogP contribution is -2.54. The Labute approximate surface area is 153 Å². The summed E-state index contributed by atoms with van der Waals surface area (Å²) in [7, 11) is 2.22. The number of rotatable bonds is 5. The van der Waals surface area contributed by atoms with Crippen molar-refractivity contribution in [3.05, 3.63) is 0 Å². The Kier molecular flexibility index (Phi) is 7.10. The van der Waals surface area contributed by atoms with Gasteiger partial charge in [-0.15, -0.1) is 0 Å². The first-order chi connectivity index (χ1) is 12.1. The number of hydrogen-bond donors (Lipinski definition) is 0. The van der Waals surface area contributed by atoms with E-state index in [4.69, 9.17) is 0 Å². The van der Waals surface area contributed by atoms with Gasteiger partial charge in [0, 0.05) is 58.9 Å². The Morgan fingerprint density at radius 1 is 0.800 bits per heavy atom. The molecule has 0 radical (unpaired) electrons. The summed E-state index contributed by atoms with van der Waals surface area (Å²) >= 11 is 0. The molecule has 0 spiro atoms. The highest BCUT2D eigenvalue weighted by atomic mass is 16.2. The molecule has 3 rings (SSSR count). The molecule has 6 heteroatoms. The molecule has 0 aromatic heterocycles. The Morgan fingerprint density at radius 2 is 1.36 bits per heavy atom. The van der Waals surface area contributed by atoms with E-state index in [0.29, 0.717) is 12.5 Å². The van der Waals surface area contributed by atoms with Gasteiger partial charge < -0.3 is 14.7 Å². The highest BCUT2D eigenvalue weighted by molar-refractivity contribution is 5.78. The Balaban J connectivity index is 1.33. The van der Waals surface area contributed by atoms with E-state index in [1.54, 1.807) is 0 Å². The monoisotopic (exact) mass is 351 g/mol. The second-order valence-electron chi connectivity index (χ2n) is 8.14. The molecular weight excluding hydrogens is 314 g/mol. The summed E-state index contributed by atoms with van der Waals surface area (Å²) in [6, 6.07) is 0. The first kappa shape index (κ1) is 19.1. The van der Waals surface area contributed by atoms with Gasteiger partial charge in [0.25, 0.3) is 0 Å². The van der Waals surface area contributed by atoms with Crippen LogP contribution in [0.3, 0.4) is 0 Å². The molecule has 1 amide bonds. The first-order valence-electron chi connectivity index (χ1n) is 10.3. The third kappa shape index (κ3) is 5.64. The second-order valence-corrected chi connectivity index (χ2v) is 8.14. The van der Waals surface area contributed by atoms with Crippen molar-refractivity contribution in [3.8, 4) is 0 Å². The van der Waals surface area contributed by atoms with Crippen LogP contribution in [-0.4, -0.2) is 123 Å². The van der Waals surface area contributed by atoms with E-state index in [9.17, 15) is 4.79 Å². The third-order valence-corrected chi connectivity index (χ3v) is 6.35. The number of carbonyl (C=O) groups is 1. The number of carbonyl (C=O) groups excluding carboxylic acids is 1. The fourth-order valence-corrected chi connectivity index (χ4v) is 4.34. The van der Waals surface area contributed by atoms with Crippen molar-refractivity contribution in [1.29, 1.82) is 0 Å². The average Bonchev–Trinajstić information content (AvgIpc) is 2.65. The number of piperidine rings is 1. The summed E-state index contributed by atoms with van der Waals surface area (Å²) in [4.78, 5) is 24.5. The highest BCUT2D eigenvalue weighted by Gasteiger charge is 2.26. The quantitative estimate of drug-likeness (QED) is 0.702. The van der Waals surface area contributed by atoms with Gasteiger partial charge in [-0.25, -0.2) is 0 Å². The van der Waals surface area contributed by atoms with E-state index >= 15 is 0 Å². The van der Waals surface area contributed by atoms with Crippen molar-refractivity contribution in [3.63, 3.8) is 0 Å². The van der Waals surface area contributed by atoms with Crippen LogP contribution in [0, 0.1) is 5.92 Å². The first-order valence-corrected chi connectivity index (χ1v) is 10.3. The molecule has 6 nitrogen and oxygen atoms in total. The van der Waals surface area contributed by atoms with E-state index in [-0.39, 0.29) is 0 Å². The van der Waals surface area contributed by atoms with E-state index < -0.39 is 0 Å². The molecule has 3 aliphatic rings. The maximum Gasteiger partial charge on any atom is 0.236 e. The molecular formula is C19H37N5O. The Morgan fingerprint density at radius 3 is 1.96 bits per heavy atom. The average molecular weight is 352 g/mol. The second kappa shape index (κ2) is 9.31. The molecule has 3 heterocycles. The zero-order valence-electron chi connectivity index (χ0n) is 16.3. The number of amides is 1. The lowest BCUT2D eigenvalue weighted by atomic mass is 9.96. The van der Waals surface area contributed by atoms with Crippen LogP contribution in [0.2, 0.25) is 0 Å². The summed E-state index contributed by atoms with van der Waals surface area (Å²) in [5.74, 6) is 1.19. The van der Waals surface area contributed by atoms with Gasteiger partial charge in [-0.05, 0) is 45.4 Å². The topological polar surface area (TPSA) is 33.3 Å². The van der Waals surface area contributed by atoms with Crippen molar-refractivity contribution in [2.45, 2.75) is 19.8 Å². The highest BCUT2D eigenvalue weighted by Crippen LogP contribution is 2.18. The van der Waals surface area contributed by atoms with Crippen LogP contribution in [0.5, 0.6) is 0 Å². The maximum absolute atomic E-state index is 12.6. The van der Waals surface area contributed by atoms with Crippen LogP contribution in [0.1, 0.15) is 19.8 Å². The van der Waals surface area contributed by atoms with E-state index in [1.165, 1.54) is 32.5 Å². The largest absolute Gasteiger partial charge is 0.339 e. The normalized spacial score (nSPS) is 26.2. The van der Waals surface area contributed by atoms with Gasteiger partial charge in [-0.1, -0.05) is 6.92 Å². The summed E-state index contributed by atoms with van der Waals surface area (Å²) in [5.41, 5.74) is 0. The molecule has 0 aromatic rings. The third-order valence-electron chi connectivity index (χ3n) is 6.35. The van der Waals surface area contributed by atoms with Gasteiger partial charge >= 0.3 is 0 Å². The molecule has 3 fully saturated rings.